The molecule has 0 aliphatic carbocycles. The molecule has 2 rings (SSSR count). The fraction of sp³-hybridized carbons (Fsp3) is 0.286. The number of rotatable bonds is 4. The molecule has 3 nitrogen and oxygen atoms in total. The van der Waals surface area contributed by atoms with Gasteiger partial charge in [-0.2, -0.15) is 0 Å². The summed E-state index contributed by atoms with van der Waals surface area (Å²) in [6.45, 7) is 1.77. The molecule has 2 aromatic rings. The first-order chi connectivity index (χ1) is 9.52. The van der Waals surface area contributed by atoms with Gasteiger partial charge in [-0.15, -0.1) is 0 Å². The van der Waals surface area contributed by atoms with E-state index in [0.29, 0.717) is 11.5 Å². The molecule has 0 spiro atoms. The van der Waals surface area contributed by atoms with E-state index in [9.17, 15) is 8.78 Å². The van der Waals surface area contributed by atoms with Crippen LogP contribution in [-0.2, 0) is 6.42 Å². The third-order valence-corrected chi connectivity index (χ3v) is 3.66. The van der Waals surface area contributed by atoms with Gasteiger partial charge < -0.3 is 5.32 Å². The number of nitrogens with zero attached hydrogens (tertiary/aromatic N) is 2. The maximum atomic E-state index is 14.0. The summed E-state index contributed by atoms with van der Waals surface area (Å²) < 4.78 is 28.1. The Morgan fingerprint density at radius 3 is 2.70 bits per heavy atom. The Morgan fingerprint density at radius 1 is 1.30 bits per heavy atom. The monoisotopic (exact) mass is 341 g/mol. The molecule has 0 fully saturated rings. The van der Waals surface area contributed by atoms with Crippen molar-refractivity contribution in [2.75, 3.05) is 7.05 Å². The summed E-state index contributed by atoms with van der Waals surface area (Å²) in [6.07, 6.45) is 1.81. The Morgan fingerprint density at radius 2 is 2.05 bits per heavy atom. The predicted molar refractivity (Wildman–Crippen MR) is 76.3 cm³/mol. The second kappa shape index (κ2) is 6.37. The number of aryl methyl sites for hydroxylation is 1. The van der Waals surface area contributed by atoms with Crippen molar-refractivity contribution in [3.05, 3.63) is 57.6 Å². The fourth-order valence-electron chi connectivity index (χ4n) is 1.98. The first-order valence-corrected chi connectivity index (χ1v) is 6.91. The van der Waals surface area contributed by atoms with Crippen LogP contribution in [0, 0.1) is 18.6 Å². The van der Waals surface area contributed by atoms with Gasteiger partial charge in [-0.1, -0.05) is 0 Å². The molecule has 6 heteroatoms. The highest BCUT2D eigenvalue weighted by molar-refractivity contribution is 9.10. The smallest absolute Gasteiger partial charge is 0.143 e. The van der Waals surface area contributed by atoms with Gasteiger partial charge in [-0.25, -0.2) is 18.7 Å². The number of nitrogens with one attached hydrogen (secondary N) is 1. The van der Waals surface area contributed by atoms with Crippen molar-refractivity contribution in [2.24, 2.45) is 0 Å². The van der Waals surface area contributed by atoms with Gasteiger partial charge in [0.15, 0.2) is 0 Å². The molecule has 1 unspecified atom stereocenters. The molecular formula is C14H14BrF2N3. The van der Waals surface area contributed by atoms with Crippen molar-refractivity contribution in [3.63, 3.8) is 0 Å². The largest absolute Gasteiger partial charge is 0.311 e. The van der Waals surface area contributed by atoms with Gasteiger partial charge in [0.25, 0.3) is 0 Å². The number of aromatic nitrogens is 2. The maximum Gasteiger partial charge on any atom is 0.143 e. The summed E-state index contributed by atoms with van der Waals surface area (Å²) in [4.78, 5) is 8.31. The van der Waals surface area contributed by atoms with E-state index in [1.807, 2.05) is 0 Å². The van der Waals surface area contributed by atoms with E-state index in [2.05, 4.69) is 31.2 Å². The van der Waals surface area contributed by atoms with Crippen molar-refractivity contribution in [2.45, 2.75) is 19.4 Å². The van der Waals surface area contributed by atoms with Gasteiger partial charge in [0.2, 0.25) is 0 Å². The van der Waals surface area contributed by atoms with Gasteiger partial charge in [0.1, 0.15) is 17.5 Å². The van der Waals surface area contributed by atoms with Crippen LogP contribution >= 0.6 is 15.9 Å². The average molecular weight is 342 g/mol. The topological polar surface area (TPSA) is 37.8 Å². The van der Waals surface area contributed by atoms with Crippen LogP contribution in [0.25, 0.3) is 0 Å². The number of hydrogen-bond acceptors (Lipinski definition) is 3. The van der Waals surface area contributed by atoms with Crippen molar-refractivity contribution in [1.82, 2.24) is 15.3 Å². The van der Waals surface area contributed by atoms with E-state index in [1.165, 1.54) is 12.1 Å². The van der Waals surface area contributed by atoms with Crippen LogP contribution in [0.5, 0.6) is 0 Å². The first kappa shape index (κ1) is 15.0. The lowest BCUT2D eigenvalue weighted by molar-refractivity contribution is 0.506. The number of halogens is 3. The highest BCUT2D eigenvalue weighted by Crippen LogP contribution is 2.25. The normalized spacial score (nSPS) is 12.4. The molecular weight excluding hydrogens is 328 g/mol. The van der Waals surface area contributed by atoms with Crippen LogP contribution < -0.4 is 5.32 Å². The number of hydrogen-bond donors (Lipinski definition) is 1. The summed E-state index contributed by atoms with van der Waals surface area (Å²) in [6, 6.07) is 4.06. The third kappa shape index (κ3) is 3.19. The minimum Gasteiger partial charge on any atom is -0.311 e. The molecule has 1 aromatic heterocycles. The minimum atomic E-state index is -0.573. The molecule has 0 bridgehead atoms. The Kier molecular flexibility index (Phi) is 4.77. The SMILES string of the molecule is CNC(Cc1c(F)ccc(Br)c1F)c1ccnc(C)n1. The average Bonchev–Trinajstić information content (AvgIpc) is 2.43. The van der Waals surface area contributed by atoms with Gasteiger partial charge >= 0.3 is 0 Å². The van der Waals surface area contributed by atoms with Crippen LogP contribution in [-0.4, -0.2) is 17.0 Å². The summed E-state index contributed by atoms with van der Waals surface area (Å²) in [5, 5.41) is 3.03. The zero-order chi connectivity index (χ0) is 14.7. The zero-order valence-electron chi connectivity index (χ0n) is 11.1. The van der Waals surface area contributed by atoms with Crippen LogP contribution in [0.4, 0.5) is 8.78 Å². The first-order valence-electron chi connectivity index (χ1n) is 6.12. The molecule has 0 saturated heterocycles. The number of benzene rings is 1. The Bertz CT molecular complexity index is 619. The molecule has 1 N–H and O–H groups in total. The van der Waals surface area contributed by atoms with Crippen molar-refractivity contribution >= 4 is 15.9 Å². The molecule has 1 atom stereocenters. The standard InChI is InChI=1S/C14H14BrF2N3/c1-8-19-6-5-12(20-8)13(18-2)7-9-11(16)4-3-10(15)14(9)17/h3-6,13,18H,7H2,1-2H3. The van der Waals surface area contributed by atoms with Gasteiger partial charge in [0, 0.05) is 11.8 Å². The Hall–Kier alpha value is -1.40. The lowest BCUT2D eigenvalue weighted by Gasteiger charge is -2.17. The molecule has 0 radical (unpaired) electrons. The van der Waals surface area contributed by atoms with Gasteiger partial charge in [-0.3, -0.25) is 0 Å². The second-order valence-corrected chi connectivity index (χ2v) is 5.25. The van der Waals surface area contributed by atoms with Crippen LogP contribution in [0.2, 0.25) is 0 Å². The zero-order valence-corrected chi connectivity index (χ0v) is 12.7. The van der Waals surface area contributed by atoms with E-state index in [1.54, 1.807) is 26.2 Å². The quantitative estimate of drug-likeness (QED) is 0.867. The summed E-state index contributed by atoms with van der Waals surface area (Å²) in [5.41, 5.74) is 0.744. The minimum absolute atomic E-state index is 0.0370. The van der Waals surface area contributed by atoms with Crippen molar-refractivity contribution in [1.29, 1.82) is 0 Å². The van der Waals surface area contributed by atoms with E-state index < -0.39 is 11.6 Å². The predicted octanol–water partition coefficient (Wildman–Crippen LogP) is 3.33. The summed E-state index contributed by atoms with van der Waals surface area (Å²) in [7, 11) is 1.73. The molecule has 0 aliphatic rings. The van der Waals surface area contributed by atoms with Gasteiger partial charge in [-0.05, 0) is 54.5 Å². The van der Waals surface area contributed by atoms with E-state index in [-0.39, 0.29) is 22.5 Å². The molecule has 0 amide bonds. The van der Waals surface area contributed by atoms with Crippen molar-refractivity contribution in [3.8, 4) is 0 Å². The lowest BCUT2D eigenvalue weighted by atomic mass is 10.0. The van der Waals surface area contributed by atoms with Crippen LogP contribution in [0.15, 0.2) is 28.9 Å². The van der Waals surface area contributed by atoms with Gasteiger partial charge in [0.05, 0.1) is 16.2 Å². The molecule has 0 saturated carbocycles. The Labute approximate surface area is 124 Å². The number of likely N-dealkylation sites (N-methyl/N-ethyl adjacent to an activating group) is 1. The van der Waals surface area contributed by atoms with Crippen LogP contribution in [0.3, 0.4) is 0 Å². The van der Waals surface area contributed by atoms with Crippen LogP contribution in [0.1, 0.15) is 23.1 Å². The molecule has 20 heavy (non-hydrogen) atoms. The Balaban J connectivity index is 2.34. The fourth-order valence-corrected chi connectivity index (χ4v) is 2.35. The third-order valence-electron chi connectivity index (χ3n) is 3.05. The highest BCUT2D eigenvalue weighted by atomic mass is 79.9. The van der Waals surface area contributed by atoms with E-state index >= 15 is 0 Å². The molecule has 1 heterocycles. The van der Waals surface area contributed by atoms with Crippen molar-refractivity contribution < 1.29 is 8.78 Å². The maximum absolute atomic E-state index is 14.0. The highest BCUT2D eigenvalue weighted by Gasteiger charge is 2.19. The summed E-state index contributed by atoms with van der Waals surface area (Å²) in [5.74, 6) is -0.509. The lowest BCUT2D eigenvalue weighted by Crippen LogP contribution is -2.21. The van der Waals surface area contributed by atoms with E-state index in [0.717, 1.165) is 0 Å². The van der Waals surface area contributed by atoms with E-state index in [4.69, 9.17) is 0 Å². The molecule has 1 aromatic carbocycles. The molecule has 106 valence electrons. The second-order valence-electron chi connectivity index (χ2n) is 4.40. The molecule has 0 aliphatic heterocycles. The summed E-state index contributed by atoms with van der Waals surface area (Å²) >= 11 is 3.07.